The smallest absolute Gasteiger partial charge is 0.144 e. The van der Waals surface area contributed by atoms with Gasteiger partial charge in [-0.25, -0.2) is 0 Å². The number of fused-ring (bicyclic) bond motifs is 1. The Kier molecular flexibility index (Phi) is 2.97. The van der Waals surface area contributed by atoms with Gasteiger partial charge >= 0.3 is 0 Å². The van der Waals surface area contributed by atoms with E-state index in [1.807, 2.05) is 13.8 Å². The van der Waals surface area contributed by atoms with Crippen LogP contribution in [0.25, 0.3) is 0 Å². The summed E-state index contributed by atoms with van der Waals surface area (Å²) < 4.78 is 11.7. The molecule has 0 saturated heterocycles. The molecule has 1 aromatic carbocycles. The van der Waals surface area contributed by atoms with Crippen LogP contribution in [0.1, 0.15) is 35.7 Å². The number of rotatable bonds is 2. The van der Waals surface area contributed by atoms with Gasteiger partial charge in [-0.15, -0.1) is 0 Å². The van der Waals surface area contributed by atoms with Crippen molar-refractivity contribution in [2.24, 2.45) is 0 Å². The van der Waals surface area contributed by atoms with Crippen LogP contribution >= 0.6 is 0 Å². The van der Waals surface area contributed by atoms with Gasteiger partial charge in [0.05, 0.1) is 12.2 Å². The van der Waals surface area contributed by atoms with Crippen LogP contribution in [0, 0.1) is 13.8 Å². The first-order valence-corrected chi connectivity index (χ1v) is 6.77. The van der Waals surface area contributed by atoms with Crippen LogP contribution in [-0.4, -0.2) is 6.54 Å². The molecular weight excluding hydrogens is 238 g/mol. The highest BCUT2D eigenvalue weighted by Crippen LogP contribution is 2.36. The number of hydrogen-bond donors (Lipinski definition) is 1. The zero-order chi connectivity index (χ0) is 13.4. The highest BCUT2D eigenvalue weighted by molar-refractivity contribution is 5.60. The zero-order valence-corrected chi connectivity index (χ0v) is 11.6. The molecule has 0 fully saturated rings. The molecule has 1 unspecified atom stereocenters. The van der Waals surface area contributed by atoms with E-state index in [0.717, 1.165) is 41.5 Å². The SMILES string of the molecule is CCc1ccc2c(c1)NCC(c1cc(C)oc1C)O2. The van der Waals surface area contributed by atoms with E-state index in [2.05, 4.69) is 36.5 Å². The molecular formula is C16H19NO2. The fraction of sp³-hybridized carbons (Fsp3) is 0.375. The second-order valence-corrected chi connectivity index (χ2v) is 5.04. The predicted octanol–water partition coefficient (Wildman–Crippen LogP) is 4.00. The average molecular weight is 257 g/mol. The third-order valence-corrected chi connectivity index (χ3v) is 3.63. The molecule has 0 radical (unpaired) electrons. The van der Waals surface area contributed by atoms with Crippen LogP contribution in [0.3, 0.4) is 0 Å². The summed E-state index contributed by atoms with van der Waals surface area (Å²) in [6, 6.07) is 8.40. The maximum Gasteiger partial charge on any atom is 0.144 e. The van der Waals surface area contributed by atoms with Gasteiger partial charge in [-0.05, 0) is 44.0 Å². The molecule has 3 nitrogen and oxygen atoms in total. The largest absolute Gasteiger partial charge is 0.482 e. The van der Waals surface area contributed by atoms with Crippen LogP contribution in [0.15, 0.2) is 28.7 Å². The normalized spacial score (nSPS) is 17.5. The highest BCUT2D eigenvalue weighted by atomic mass is 16.5. The Morgan fingerprint density at radius 3 is 2.79 bits per heavy atom. The molecule has 0 amide bonds. The second kappa shape index (κ2) is 4.65. The van der Waals surface area contributed by atoms with Crippen molar-refractivity contribution in [3.63, 3.8) is 0 Å². The molecule has 1 aliphatic rings. The molecule has 100 valence electrons. The first kappa shape index (κ1) is 12.2. The molecule has 19 heavy (non-hydrogen) atoms. The van der Waals surface area contributed by atoms with Crippen molar-refractivity contribution in [1.82, 2.24) is 0 Å². The monoisotopic (exact) mass is 257 g/mol. The van der Waals surface area contributed by atoms with E-state index < -0.39 is 0 Å². The van der Waals surface area contributed by atoms with Crippen LogP contribution < -0.4 is 10.1 Å². The molecule has 0 bridgehead atoms. The van der Waals surface area contributed by atoms with Crippen LogP contribution in [-0.2, 0) is 6.42 Å². The average Bonchev–Trinajstić information content (AvgIpc) is 2.76. The van der Waals surface area contributed by atoms with Gasteiger partial charge in [-0.3, -0.25) is 0 Å². The van der Waals surface area contributed by atoms with E-state index in [4.69, 9.17) is 9.15 Å². The van der Waals surface area contributed by atoms with Crippen molar-refractivity contribution in [1.29, 1.82) is 0 Å². The van der Waals surface area contributed by atoms with Crippen molar-refractivity contribution in [3.05, 3.63) is 46.9 Å². The van der Waals surface area contributed by atoms with E-state index in [9.17, 15) is 0 Å². The van der Waals surface area contributed by atoms with Crippen molar-refractivity contribution in [2.45, 2.75) is 33.3 Å². The first-order valence-electron chi connectivity index (χ1n) is 6.77. The lowest BCUT2D eigenvalue weighted by atomic mass is 10.1. The van der Waals surface area contributed by atoms with Gasteiger partial charge in [0.25, 0.3) is 0 Å². The van der Waals surface area contributed by atoms with E-state index in [0.29, 0.717) is 0 Å². The summed E-state index contributed by atoms with van der Waals surface area (Å²) >= 11 is 0. The highest BCUT2D eigenvalue weighted by Gasteiger charge is 2.24. The van der Waals surface area contributed by atoms with E-state index >= 15 is 0 Å². The van der Waals surface area contributed by atoms with E-state index in [1.165, 1.54) is 5.56 Å². The summed E-state index contributed by atoms with van der Waals surface area (Å²) in [5.74, 6) is 2.80. The molecule has 3 heteroatoms. The summed E-state index contributed by atoms with van der Waals surface area (Å²) in [4.78, 5) is 0. The van der Waals surface area contributed by atoms with Gasteiger partial charge in [0.1, 0.15) is 23.4 Å². The Morgan fingerprint density at radius 1 is 1.26 bits per heavy atom. The molecule has 0 saturated carbocycles. The maximum atomic E-state index is 6.09. The Bertz CT molecular complexity index is 601. The van der Waals surface area contributed by atoms with Crippen molar-refractivity contribution in [2.75, 3.05) is 11.9 Å². The molecule has 1 N–H and O–H groups in total. The molecule has 2 aromatic rings. The quantitative estimate of drug-likeness (QED) is 0.882. The molecule has 0 spiro atoms. The summed E-state index contributed by atoms with van der Waals surface area (Å²) in [5, 5.41) is 3.46. The maximum absolute atomic E-state index is 6.09. The molecule has 1 atom stereocenters. The minimum atomic E-state index is 0.0254. The number of benzene rings is 1. The number of furan rings is 1. The van der Waals surface area contributed by atoms with Crippen LogP contribution in [0.5, 0.6) is 5.75 Å². The summed E-state index contributed by atoms with van der Waals surface area (Å²) in [7, 11) is 0. The predicted molar refractivity (Wildman–Crippen MR) is 75.9 cm³/mol. The van der Waals surface area contributed by atoms with Crippen LogP contribution in [0.4, 0.5) is 5.69 Å². The first-order chi connectivity index (χ1) is 9.17. The van der Waals surface area contributed by atoms with Gasteiger partial charge in [-0.2, -0.15) is 0 Å². The van der Waals surface area contributed by atoms with E-state index in [1.54, 1.807) is 0 Å². The minimum Gasteiger partial charge on any atom is -0.482 e. The second-order valence-electron chi connectivity index (χ2n) is 5.04. The number of hydrogen-bond acceptors (Lipinski definition) is 3. The van der Waals surface area contributed by atoms with Crippen LogP contribution in [0.2, 0.25) is 0 Å². The standard InChI is InChI=1S/C16H19NO2/c1-4-12-5-6-15-14(8-12)17-9-16(19-15)13-7-10(2)18-11(13)3/h5-8,16-17H,4,9H2,1-3H3. The third-order valence-electron chi connectivity index (χ3n) is 3.63. The van der Waals surface area contributed by atoms with Crippen molar-refractivity contribution < 1.29 is 9.15 Å². The summed E-state index contributed by atoms with van der Waals surface area (Å²) in [5.41, 5.74) is 3.55. The van der Waals surface area contributed by atoms with Crippen molar-refractivity contribution >= 4 is 5.69 Å². The Hall–Kier alpha value is -1.90. The summed E-state index contributed by atoms with van der Waals surface area (Å²) in [6.07, 6.45) is 1.07. The number of aryl methyl sites for hydroxylation is 3. The molecule has 3 rings (SSSR count). The third kappa shape index (κ3) is 2.21. The van der Waals surface area contributed by atoms with Gasteiger partial charge < -0.3 is 14.5 Å². The fourth-order valence-corrected chi connectivity index (χ4v) is 2.58. The number of nitrogens with one attached hydrogen (secondary N) is 1. The lowest BCUT2D eigenvalue weighted by Gasteiger charge is -2.27. The topological polar surface area (TPSA) is 34.4 Å². The number of ether oxygens (including phenoxy) is 1. The van der Waals surface area contributed by atoms with Gasteiger partial charge in [0, 0.05) is 5.56 Å². The lowest BCUT2D eigenvalue weighted by Crippen LogP contribution is -2.23. The zero-order valence-electron chi connectivity index (χ0n) is 11.6. The Morgan fingerprint density at radius 2 is 2.11 bits per heavy atom. The number of anilines is 1. The fourth-order valence-electron chi connectivity index (χ4n) is 2.58. The molecule has 1 aromatic heterocycles. The Balaban J connectivity index is 1.88. The van der Waals surface area contributed by atoms with Gasteiger partial charge in [0.15, 0.2) is 0 Å². The summed E-state index contributed by atoms with van der Waals surface area (Å²) in [6.45, 7) is 6.89. The van der Waals surface area contributed by atoms with Gasteiger partial charge in [-0.1, -0.05) is 13.0 Å². The van der Waals surface area contributed by atoms with E-state index in [-0.39, 0.29) is 6.10 Å². The van der Waals surface area contributed by atoms with Gasteiger partial charge in [0.2, 0.25) is 0 Å². The molecule has 0 aliphatic carbocycles. The van der Waals surface area contributed by atoms with Crippen molar-refractivity contribution in [3.8, 4) is 5.75 Å². The lowest BCUT2D eigenvalue weighted by molar-refractivity contribution is 0.208. The molecule has 2 heterocycles. The minimum absolute atomic E-state index is 0.0254. The Labute approximate surface area is 113 Å². The molecule has 1 aliphatic heterocycles.